The topological polar surface area (TPSA) is 86.3 Å². The van der Waals surface area contributed by atoms with Gasteiger partial charge in [-0.1, -0.05) is 0 Å². The molecule has 0 radical (unpaired) electrons. The molecule has 0 aliphatic rings. The van der Waals surface area contributed by atoms with Crippen LogP contribution in [0.15, 0.2) is 30.5 Å². The fraction of sp³-hybridized carbons (Fsp3) is 0. The minimum atomic E-state index is -0.596. The van der Waals surface area contributed by atoms with Crippen molar-refractivity contribution >= 4 is 11.8 Å². The molecule has 6 nitrogen and oxygen atoms in total. The number of nitrogens with zero attached hydrogens (tertiary/aromatic N) is 2. The second-order valence-electron chi connectivity index (χ2n) is 2.45. The molecular formula is C8H6N2O4. The van der Waals surface area contributed by atoms with Crippen molar-refractivity contribution in [1.29, 1.82) is 0 Å². The van der Waals surface area contributed by atoms with Crippen LogP contribution in [-0.4, -0.2) is 9.85 Å². The molecule has 0 aliphatic carbocycles. The van der Waals surface area contributed by atoms with Gasteiger partial charge in [-0.3, -0.25) is 20.2 Å². The van der Waals surface area contributed by atoms with E-state index in [0.29, 0.717) is 5.56 Å². The second-order valence-corrected chi connectivity index (χ2v) is 2.45. The quantitative estimate of drug-likeness (QED) is 0.542. The van der Waals surface area contributed by atoms with Gasteiger partial charge in [-0.2, -0.15) is 0 Å². The van der Waals surface area contributed by atoms with Gasteiger partial charge in [0.15, 0.2) is 0 Å². The lowest BCUT2D eigenvalue weighted by atomic mass is 10.2. The van der Waals surface area contributed by atoms with Gasteiger partial charge in [0.05, 0.1) is 9.85 Å². The van der Waals surface area contributed by atoms with Crippen molar-refractivity contribution in [2.24, 2.45) is 0 Å². The Labute approximate surface area is 78.8 Å². The summed E-state index contributed by atoms with van der Waals surface area (Å²) in [7, 11) is 0. The third-order valence-electron chi connectivity index (χ3n) is 1.49. The first-order chi connectivity index (χ1) is 6.59. The highest BCUT2D eigenvalue weighted by atomic mass is 16.6. The Balaban J connectivity index is 2.83. The van der Waals surface area contributed by atoms with Crippen LogP contribution in [0.1, 0.15) is 5.56 Å². The molecule has 0 fully saturated rings. The van der Waals surface area contributed by atoms with Crippen LogP contribution in [0.5, 0.6) is 0 Å². The number of nitro benzene ring substituents is 1. The molecule has 1 aromatic rings. The molecule has 6 heteroatoms. The lowest BCUT2D eigenvalue weighted by molar-refractivity contribution is -0.400. The van der Waals surface area contributed by atoms with Gasteiger partial charge in [-0.15, -0.1) is 0 Å². The molecule has 0 spiro atoms. The average Bonchev–Trinajstić information content (AvgIpc) is 2.15. The highest BCUT2D eigenvalue weighted by molar-refractivity contribution is 5.50. The first-order valence-electron chi connectivity index (χ1n) is 3.66. The standard InChI is InChI=1S/C8H6N2O4/c11-9(12)6-5-7-1-3-8(4-2-7)10(13)14/h1-6H. The third-order valence-corrected chi connectivity index (χ3v) is 1.49. The third kappa shape index (κ3) is 2.67. The molecule has 14 heavy (non-hydrogen) atoms. The molecule has 0 saturated carbocycles. The molecule has 0 heterocycles. The first kappa shape index (κ1) is 9.85. The van der Waals surface area contributed by atoms with E-state index in [1.165, 1.54) is 30.3 Å². The summed E-state index contributed by atoms with van der Waals surface area (Å²) in [5.41, 5.74) is 0.510. The van der Waals surface area contributed by atoms with Crippen LogP contribution in [-0.2, 0) is 0 Å². The van der Waals surface area contributed by atoms with Crippen molar-refractivity contribution < 1.29 is 9.85 Å². The molecule has 0 aromatic heterocycles. The fourth-order valence-electron chi connectivity index (χ4n) is 0.854. The number of hydrogen-bond acceptors (Lipinski definition) is 4. The van der Waals surface area contributed by atoms with Crippen molar-refractivity contribution in [3.8, 4) is 0 Å². The normalized spacial score (nSPS) is 10.3. The summed E-state index contributed by atoms with van der Waals surface area (Å²) in [6.07, 6.45) is 2.05. The maximum absolute atomic E-state index is 10.3. The van der Waals surface area contributed by atoms with Crippen LogP contribution in [0, 0.1) is 20.2 Å². The van der Waals surface area contributed by atoms with Crippen molar-refractivity contribution in [3.63, 3.8) is 0 Å². The van der Waals surface area contributed by atoms with E-state index in [4.69, 9.17) is 0 Å². The van der Waals surface area contributed by atoms with Crippen LogP contribution in [0.4, 0.5) is 5.69 Å². The number of non-ortho nitro benzene ring substituents is 1. The molecule has 0 aliphatic heterocycles. The van der Waals surface area contributed by atoms with Crippen molar-refractivity contribution in [2.45, 2.75) is 0 Å². The molecule has 0 atom stereocenters. The van der Waals surface area contributed by atoms with Gasteiger partial charge in [0.25, 0.3) is 5.69 Å². The van der Waals surface area contributed by atoms with E-state index in [-0.39, 0.29) is 5.69 Å². The lowest BCUT2D eigenvalue weighted by Gasteiger charge is -1.91. The highest BCUT2D eigenvalue weighted by Gasteiger charge is 2.02. The summed E-state index contributed by atoms with van der Waals surface area (Å²) in [5.74, 6) is 0. The average molecular weight is 194 g/mol. The minimum Gasteiger partial charge on any atom is -0.259 e. The van der Waals surface area contributed by atoms with Crippen molar-refractivity contribution in [1.82, 2.24) is 0 Å². The molecule has 0 saturated heterocycles. The van der Waals surface area contributed by atoms with Crippen LogP contribution in [0.3, 0.4) is 0 Å². The van der Waals surface area contributed by atoms with Gasteiger partial charge in [0.2, 0.25) is 6.20 Å². The number of nitro groups is 2. The molecule has 0 unspecified atom stereocenters. The largest absolute Gasteiger partial charge is 0.269 e. The Bertz CT molecular complexity index is 383. The van der Waals surface area contributed by atoms with Gasteiger partial charge in [0.1, 0.15) is 0 Å². The molecule has 1 rings (SSSR count). The fourth-order valence-corrected chi connectivity index (χ4v) is 0.854. The maximum Gasteiger partial charge on any atom is 0.269 e. The molecule has 72 valence electrons. The Hall–Kier alpha value is -2.24. The second kappa shape index (κ2) is 4.13. The SMILES string of the molecule is O=[N+]([O-])C=Cc1ccc([N+](=O)[O-])cc1. The maximum atomic E-state index is 10.3. The van der Waals surface area contributed by atoms with Gasteiger partial charge >= 0.3 is 0 Å². The van der Waals surface area contributed by atoms with Gasteiger partial charge in [0, 0.05) is 18.2 Å². The van der Waals surface area contributed by atoms with E-state index in [1.54, 1.807) is 0 Å². The predicted octanol–water partition coefficient (Wildman–Crippen LogP) is 1.84. The van der Waals surface area contributed by atoms with Crippen molar-refractivity contribution in [3.05, 3.63) is 56.3 Å². The summed E-state index contributed by atoms with van der Waals surface area (Å²) in [6, 6.07) is 5.47. The molecule has 1 aromatic carbocycles. The summed E-state index contributed by atoms with van der Waals surface area (Å²) in [6.45, 7) is 0. The van der Waals surface area contributed by atoms with Crippen molar-refractivity contribution in [2.75, 3.05) is 0 Å². The summed E-state index contributed by atoms with van der Waals surface area (Å²) < 4.78 is 0. The zero-order chi connectivity index (χ0) is 10.6. The monoisotopic (exact) mass is 194 g/mol. The Morgan fingerprint density at radius 1 is 1.07 bits per heavy atom. The number of benzene rings is 1. The molecule has 0 amide bonds. The predicted molar refractivity (Wildman–Crippen MR) is 49.1 cm³/mol. The summed E-state index contributed by atoms with van der Waals surface area (Å²) in [5, 5.41) is 20.2. The number of hydrogen-bond donors (Lipinski definition) is 0. The van der Waals surface area contributed by atoms with Crippen LogP contribution < -0.4 is 0 Å². The first-order valence-corrected chi connectivity index (χ1v) is 3.66. The van der Waals surface area contributed by atoms with Crippen LogP contribution in [0.2, 0.25) is 0 Å². The minimum absolute atomic E-state index is 0.0387. The van der Waals surface area contributed by atoms with Gasteiger partial charge in [-0.05, 0) is 17.7 Å². The Morgan fingerprint density at radius 2 is 1.64 bits per heavy atom. The summed E-state index contributed by atoms with van der Waals surface area (Å²) in [4.78, 5) is 19.1. The zero-order valence-corrected chi connectivity index (χ0v) is 6.99. The van der Waals surface area contributed by atoms with Crippen LogP contribution >= 0.6 is 0 Å². The molecular weight excluding hydrogens is 188 g/mol. The van der Waals surface area contributed by atoms with E-state index in [0.717, 1.165) is 6.20 Å². The van der Waals surface area contributed by atoms with Crippen LogP contribution in [0.25, 0.3) is 6.08 Å². The van der Waals surface area contributed by atoms with Gasteiger partial charge in [-0.25, -0.2) is 0 Å². The van der Waals surface area contributed by atoms with E-state index in [1.807, 2.05) is 0 Å². The molecule has 0 bridgehead atoms. The van der Waals surface area contributed by atoms with E-state index in [9.17, 15) is 20.2 Å². The zero-order valence-electron chi connectivity index (χ0n) is 6.99. The smallest absolute Gasteiger partial charge is 0.259 e. The number of rotatable bonds is 3. The van der Waals surface area contributed by atoms with E-state index < -0.39 is 9.85 Å². The van der Waals surface area contributed by atoms with Gasteiger partial charge < -0.3 is 0 Å². The Morgan fingerprint density at radius 3 is 2.07 bits per heavy atom. The Kier molecular flexibility index (Phi) is 2.90. The lowest BCUT2D eigenvalue weighted by Crippen LogP contribution is -1.87. The highest BCUT2D eigenvalue weighted by Crippen LogP contribution is 2.12. The van der Waals surface area contributed by atoms with E-state index >= 15 is 0 Å². The summed E-state index contributed by atoms with van der Waals surface area (Å²) >= 11 is 0. The van der Waals surface area contributed by atoms with E-state index in [2.05, 4.69) is 0 Å². The molecule has 0 N–H and O–H groups in total.